The third-order valence-electron chi connectivity index (χ3n) is 7.87. The smallest absolute Gasteiger partial charge is 0.158 e. The zero-order chi connectivity index (χ0) is 24.0. The highest BCUT2D eigenvalue weighted by atomic mass is 16.3. The first kappa shape index (κ1) is 23.0. The van der Waals surface area contributed by atoms with Gasteiger partial charge in [-0.3, -0.25) is 4.98 Å². The summed E-state index contributed by atoms with van der Waals surface area (Å²) in [6.45, 7) is 9.76. The van der Waals surface area contributed by atoms with Gasteiger partial charge in [-0.25, -0.2) is 9.50 Å². The summed E-state index contributed by atoms with van der Waals surface area (Å²) in [7, 11) is 2.13. The van der Waals surface area contributed by atoms with Crippen molar-refractivity contribution in [1.29, 1.82) is 0 Å². The Bertz CT molecular complexity index is 1310. The SMILES string of the molecule is Cc1c(-c2[nH]c3ccc(C4CCC(N(C)CCO)CC4)nc3c2C(C)C)cn2ncnc2c1C. The minimum atomic E-state index is 0.227. The lowest BCUT2D eigenvalue weighted by molar-refractivity contribution is 0.146. The van der Waals surface area contributed by atoms with E-state index in [0.717, 1.165) is 65.7 Å². The Hall–Kier alpha value is -2.77. The number of nitrogens with one attached hydrogen (secondary N) is 1. The molecule has 180 valence electrons. The minimum Gasteiger partial charge on any atom is -0.395 e. The maximum Gasteiger partial charge on any atom is 0.158 e. The standard InChI is InChI=1S/C27H36N6O/c1-16(2)24-25(21-14-33-27(28-15-29-33)18(4)17(21)3)31-23-11-10-22(30-26(23)24)19-6-8-20(9-7-19)32(5)12-13-34/h10-11,14-16,19-20,31,34H,6-9,12-13H2,1-5H3. The molecule has 0 aliphatic heterocycles. The molecule has 4 heterocycles. The van der Waals surface area contributed by atoms with Gasteiger partial charge < -0.3 is 15.0 Å². The first-order valence-corrected chi connectivity index (χ1v) is 12.5. The van der Waals surface area contributed by atoms with E-state index >= 15 is 0 Å². The Kier molecular flexibility index (Phi) is 6.16. The minimum absolute atomic E-state index is 0.227. The zero-order valence-corrected chi connectivity index (χ0v) is 21.0. The molecule has 1 aliphatic carbocycles. The highest BCUT2D eigenvalue weighted by Crippen LogP contribution is 2.39. The van der Waals surface area contributed by atoms with Crippen molar-refractivity contribution in [1.82, 2.24) is 29.5 Å². The van der Waals surface area contributed by atoms with Crippen molar-refractivity contribution in [3.8, 4) is 11.3 Å². The van der Waals surface area contributed by atoms with Crippen LogP contribution in [0.4, 0.5) is 0 Å². The van der Waals surface area contributed by atoms with Crippen molar-refractivity contribution >= 4 is 16.7 Å². The van der Waals surface area contributed by atoms with Crippen molar-refractivity contribution in [2.24, 2.45) is 0 Å². The van der Waals surface area contributed by atoms with Crippen LogP contribution in [0.15, 0.2) is 24.7 Å². The molecular weight excluding hydrogens is 424 g/mol. The second kappa shape index (κ2) is 9.12. The predicted octanol–water partition coefficient (Wildman–Crippen LogP) is 4.96. The number of pyridine rings is 2. The van der Waals surface area contributed by atoms with Gasteiger partial charge in [0.1, 0.15) is 6.33 Å². The fourth-order valence-corrected chi connectivity index (χ4v) is 5.71. The van der Waals surface area contributed by atoms with Crippen LogP contribution in [0.3, 0.4) is 0 Å². The summed E-state index contributed by atoms with van der Waals surface area (Å²) < 4.78 is 1.87. The number of rotatable bonds is 6. The van der Waals surface area contributed by atoms with Crippen LogP contribution >= 0.6 is 0 Å². The lowest BCUT2D eigenvalue weighted by Crippen LogP contribution is -2.36. The number of aliphatic hydroxyl groups excluding tert-OH is 1. The number of hydrogen-bond acceptors (Lipinski definition) is 5. The van der Waals surface area contributed by atoms with E-state index in [1.807, 2.05) is 4.52 Å². The lowest BCUT2D eigenvalue weighted by atomic mass is 9.83. The van der Waals surface area contributed by atoms with E-state index in [1.165, 1.54) is 16.8 Å². The van der Waals surface area contributed by atoms with Crippen molar-refractivity contribution in [3.63, 3.8) is 0 Å². The Morgan fingerprint density at radius 2 is 1.91 bits per heavy atom. The average molecular weight is 461 g/mol. The van der Waals surface area contributed by atoms with E-state index in [9.17, 15) is 5.11 Å². The Morgan fingerprint density at radius 3 is 2.62 bits per heavy atom. The van der Waals surface area contributed by atoms with E-state index in [-0.39, 0.29) is 6.61 Å². The Labute approximate surface area is 201 Å². The molecule has 0 unspecified atom stereocenters. The topological polar surface area (TPSA) is 82.3 Å². The molecule has 4 aromatic heterocycles. The number of aliphatic hydroxyl groups is 1. The van der Waals surface area contributed by atoms with E-state index in [4.69, 9.17) is 4.98 Å². The van der Waals surface area contributed by atoms with E-state index in [2.05, 4.69) is 73.0 Å². The fourth-order valence-electron chi connectivity index (χ4n) is 5.71. The molecule has 0 radical (unpaired) electrons. The summed E-state index contributed by atoms with van der Waals surface area (Å²) in [6, 6.07) is 5.00. The van der Waals surface area contributed by atoms with Crippen molar-refractivity contribution in [2.45, 2.75) is 71.3 Å². The van der Waals surface area contributed by atoms with Gasteiger partial charge in [-0.1, -0.05) is 13.8 Å². The summed E-state index contributed by atoms with van der Waals surface area (Å²) in [5.74, 6) is 0.831. The number of fused-ring (bicyclic) bond motifs is 2. The number of aromatic amines is 1. The summed E-state index contributed by atoms with van der Waals surface area (Å²) in [6.07, 6.45) is 8.32. The van der Waals surface area contributed by atoms with Crippen LogP contribution in [0, 0.1) is 13.8 Å². The van der Waals surface area contributed by atoms with Gasteiger partial charge in [0.15, 0.2) is 5.65 Å². The van der Waals surface area contributed by atoms with Crippen LogP contribution in [0.5, 0.6) is 0 Å². The maximum absolute atomic E-state index is 9.26. The molecule has 0 saturated heterocycles. The van der Waals surface area contributed by atoms with Gasteiger partial charge in [-0.2, -0.15) is 5.10 Å². The third-order valence-corrected chi connectivity index (χ3v) is 7.87. The predicted molar refractivity (Wildman–Crippen MR) is 136 cm³/mol. The van der Waals surface area contributed by atoms with Crippen LogP contribution in [0.25, 0.3) is 27.9 Å². The molecule has 4 aromatic rings. The first-order valence-electron chi connectivity index (χ1n) is 12.5. The molecule has 2 N–H and O–H groups in total. The molecule has 1 aliphatic rings. The zero-order valence-electron chi connectivity index (χ0n) is 21.0. The van der Waals surface area contributed by atoms with E-state index in [0.29, 0.717) is 17.9 Å². The highest BCUT2D eigenvalue weighted by molar-refractivity contribution is 5.89. The third kappa shape index (κ3) is 3.91. The summed E-state index contributed by atoms with van der Waals surface area (Å²) in [5.41, 5.74) is 10.3. The molecule has 0 atom stereocenters. The number of hydrogen-bond donors (Lipinski definition) is 2. The molecule has 5 rings (SSSR count). The monoisotopic (exact) mass is 460 g/mol. The first-order chi connectivity index (χ1) is 16.4. The van der Waals surface area contributed by atoms with Crippen molar-refractivity contribution in [2.75, 3.05) is 20.2 Å². The molecule has 7 heteroatoms. The Morgan fingerprint density at radius 1 is 1.15 bits per heavy atom. The largest absolute Gasteiger partial charge is 0.395 e. The van der Waals surface area contributed by atoms with Crippen LogP contribution in [0.2, 0.25) is 0 Å². The highest BCUT2D eigenvalue weighted by Gasteiger charge is 2.27. The van der Waals surface area contributed by atoms with Gasteiger partial charge in [0.2, 0.25) is 0 Å². The van der Waals surface area contributed by atoms with Gasteiger partial charge in [0, 0.05) is 41.5 Å². The summed E-state index contributed by atoms with van der Waals surface area (Å²) in [4.78, 5) is 15.7. The molecule has 7 nitrogen and oxygen atoms in total. The van der Waals surface area contributed by atoms with E-state index in [1.54, 1.807) is 6.33 Å². The molecule has 0 aromatic carbocycles. The van der Waals surface area contributed by atoms with Crippen LogP contribution < -0.4 is 0 Å². The van der Waals surface area contributed by atoms with Crippen LogP contribution in [-0.2, 0) is 0 Å². The number of aryl methyl sites for hydroxylation is 1. The molecule has 34 heavy (non-hydrogen) atoms. The second-order valence-electron chi connectivity index (χ2n) is 10.2. The fraction of sp³-hybridized carbons (Fsp3) is 0.519. The maximum atomic E-state index is 9.26. The quantitative estimate of drug-likeness (QED) is 0.425. The molecular formula is C27H36N6O. The van der Waals surface area contributed by atoms with Crippen molar-refractivity contribution in [3.05, 3.63) is 47.0 Å². The number of H-pyrrole nitrogens is 1. The molecule has 0 spiro atoms. The van der Waals surface area contributed by atoms with Gasteiger partial charge in [0.05, 0.1) is 23.3 Å². The average Bonchev–Trinajstić information content (AvgIpc) is 3.45. The van der Waals surface area contributed by atoms with Crippen LogP contribution in [-0.4, -0.2) is 60.8 Å². The van der Waals surface area contributed by atoms with Gasteiger partial charge in [-0.15, -0.1) is 0 Å². The summed E-state index contributed by atoms with van der Waals surface area (Å²) >= 11 is 0. The second-order valence-corrected chi connectivity index (χ2v) is 10.2. The van der Waals surface area contributed by atoms with Gasteiger partial charge in [0.25, 0.3) is 0 Å². The molecule has 1 fully saturated rings. The van der Waals surface area contributed by atoms with Crippen molar-refractivity contribution < 1.29 is 5.11 Å². The normalized spacial score (nSPS) is 19.2. The number of likely N-dealkylation sites (N-methyl/N-ethyl adjacent to an activating group) is 1. The molecule has 1 saturated carbocycles. The molecule has 0 amide bonds. The van der Waals surface area contributed by atoms with Gasteiger partial charge in [-0.05, 0) is 75.8 Å². The number of aromatic nitrogens is 5. The van der Waals surface area contributed by atoms with Crippen LogP contribution in [0.1, 0.15) is 73.8 Å². The summed E-state index contributed by atoms with van der Waals surface area (Å²) in [5, 5.41) is 13.7. The Balaban J connectivity index is 1.52. The van der Waals surface area contributed by atoms with Gasteiger partial charge >= 0.3 is 0 Å². The lowest BCUT2D eigenvalue weighted by Gasteiger charge is -2.34. The molecule has 0 bridgehead atoms. The van der Waals surface area contributed by atoms with E-state index < -0.39 is 0 Å². The number of nitrogens with zero attached hydrogens (tertiary/aromatic N) is 5.